The Kier molecular flexibility index (Phi) is 3.95. The number of rotatable bonds is 5. The monoisotopic (exact) mass is 284 g/mol. The lowest BCUT2D eigenvalue weighted by Crippen LogP contribution is -2.27. The van der Waals surface area contributed by atoms with Crippen LogP contribution in [0, 0.1) is 11.7 Å². The van der Waals surface area contributed by atoms with Crippen molar-refractivity contribution in [2.24, 2.45) is 5.92 Å². The van der Waals surface area contributed by atoms with Crippen LogP contribution >= 0.6 is 0 Å². The van der Waals surface area contributed by atoms with Crippen molar-refractivity contribution in [3.63, 3.8) is 0 Å². The van der Waals surface area contributed by atoms with Crippen molar-refractivity contribution >= 4 is 5.91 Å². The SMILES string of the molecule is O=C(NCCc1cccnc1)C1CC1c1ccccc1F. The second kappa shape index (κ2) is 6.04. The first-order chi connectivity index (χ1) is 10.3. The van der Waals surface area contributed by atoms with Crippen LogP contribution in [0.2, 0.25) is 0 Å². The number of aromatic nitrogens is 1. The molecule has 1 N–H and O–H groups in total. The predicted octanol–water partition coefficient (Wildman–Crippen LogP) is 2.68. The maximum atomic E-state index is 13.7. The predicted molar refractivity (Wildman–Crippen MR) is 78.2 cm³/mol. The first-order valence-electron chi connectivity index (χ1n) is 7.17. The van der Waals surface area contributed by atoms with Crippen LogP contribution in [0.4, 0.5) is 4.39 Å². The molecule has 1 aliphatic carbocycles. The van der Waals surface area contributed by atoms with Crippen molar-refractivity contribution < 1.29 is 9.18 Å². The molecule has 0 spiro atoms. The number of nitrogens with one attached hydrogen (secondary N) is 1. The first kappa shape index (κ1) is 13.7. The van der Waals surface area contributed by atoms with Gasteiger partial charge in [-0.3, -0.25) is 9.78 Å². The molecule has 2 atom stereocenters. The summed E-state index contributed by atoms with van der Waals surface area (Å²) >= 11 is 0. The molecule has 0 radical (unpaired) electrons. The van der Waals surface area contributed by atoms with Crippen LogP contribution in [0.15, 0.2) is 48.8 Å². The largest absolute Gasteiger partial charge is 0.356 e. The molecule has 1 amide bonds. The van der Waals surface area contributed by atoms with Gasteiger partial charge in [0.2, 0.25) is 5.91 Å². The fourth-order valence-corrected chi connectivity index (χ4v) is 2.61. The number of carbonyl (C=O) groups excluding carboxylic acids is 1. The zero-order chi connectivity index (χ0) is 14.7. The highest BCUT2D eigenvalue weighted by Crippen LogP contribution is 2.48. The molecule has 2 aromatic rings. The lowest BCUT2D eigenvalue weighted by Gasteiger charge is -2.05. The summed E-state index contributed by atoms with van der Waals surface area (Å²) < 4.78 is 13.7. The molecule has 1 aromatic carbocycles. The van der Waals surface area contributed by atoms with Gasteiger partial charge in [0.1, 0.15) is 5.82 Å². The average Bonchev–Trinajstić information content (AvgIpc) is 3.29. The minimum atomic E-state index is -0.215. The number of pyridine rings is 1. The second-order valence-electron chi connectivity index (χ2n) is 5.37. The Morgan fingerprint density at radius 1 is 1.29 bits per heavy atom. The molecule has 2 unspecified atom stereocenters. The Bertz CT molecular complexity index is 630. The number of nitrogens with zero attached hydrogens (tertiary/aromatic N) is 1. The van der Waals surface area contributed by atoms with E-state index in [4.69, 9.17) is 0 Å². The molecule has 1 fully saturated rings. The molecule has 21 heavy (non-hydrogen) atoms. The molecule has 108 valence electrons. The average molecular weight is 284 g/mol. The van der Waals surface area contributed by atoms with Crippen LogP contribution in [0.1, 0.15) is 23.5 Å². The van der Waals surface area contributed by atoms with E-state index in [1.54, 1.807) is 24.5 Å². The minimum absolute atomic E-state index is 0.0205. The third kappa shape index (κ3) is 3.27. The zero-order valence-corrected chi connectivity index (χ0v) is 11.6. The van der Waals surface area contributed by atoms with Gasteiger partial charge in [-0.05, 0) is 42.0 Å². The molecule has 3 nitrogen and oxygen atoms in total. The highest BCUT2D eigenvalue weighted by Gasteiger charge is 2.44. The van der Waals surface area contributed by atoms with Gasteiger partial charge in [-0.2, -0.15) is 0 Å². The standard InChI is InChI=1S/C17H17FN2O/c18-16-6-2-1-5-13(16)14-10-15(14)17(21)20-9-7-12-4-3-8-19-11-12/h1-6,8,11,14-15H,7,9-10H2,(H,20,21). The molecule has 1 saturated carbocycles. The van der Waals surface area contributed by atoms with Gasteiger partial charge in [-0.15, -0.1) is 0 Å². The van der Waals surface area contributed by atoms with Gasteiger partial charge in [0.25, 0.3) is 0 Å². The summed E-state index contributed by atoms with van der Waals surface area (Å²) in [6, 6.07) is 10.6. The Balaban J connectivity index is 1.49. The highest BCUT2D eigenvalue weighted by atomic mass is 19.1. The van der Waals surface area contributed by atoms with Gasteiger partial charge in [0.15, 0.2) is 0 Å². The van der Waals surface area contributed by atoms with Crippen LogP contribution in [-0.4, -0.2) is 17.4 Å². The smallest absolute Gasteiger partial charge is 0.223 e. The summed E-state index contributed by atoms with van der Waals surface area (Å²) in [7, 11) is 0. The first-order valence-corrected chi connectivity index (χ1v) is 7.17. The van der Waals surface area contributed by atoms with Crippen molar-refractivity contribution in [1.29, 1.82) is 0 Å². The summed E-state index contributed by atoms with van der Waals surface area (Å²) in [6.07, 6.45) is 5.02. The quantitative estimate of drug-likeness (QED) is 0.917. The van der Waals surface area contributed by atoms with Gasteiger partial charge in [-0.25, -0.2) is 4.39 Å². The third-order valence-corrected chi connectivity index (χ3v) is 3.87. The maximum absolute atomic E-state index is 13.7. The van der Waals surface area contributed by atoms with Crippen LogP contribution in [0.5, 0.6) is 0 Å². The number of hydrogen-bond donors (Lipinski definition) is 1. The summed E-state index contributed by atoms with van der Waals surface area (Å²) in [5.41, 5.74) is 1.75. The summed E-state index contributed by atoms with van der Waals surface area (Å²) in [5, 5.41) is 2.92. The molecule has 0 bridgehead atoms. The summed E-state index contributed by atoms with van der Waals surface area (Å²) in [4.78, 5) is 16.1. The van der Waals surface area contributed by atoms with Crippen LogP contribution in [0.25, 0.3) is 0 Å². The van der Waals surface area contributed by atoms with Crippen LogP contribution < -0.4 is 5.32 Å². The summed E-state index contributed by atoms with van der Waals surface area (Å²) in [5.74, 6) is -0.249. The lowest BCUT2D eigenvalue weighted by molar-refractivity contribution is -0.122. The topological polar surface area (TPSA) is 42.0 Å². The molecular weight excluding hydrogens is 267 g/mol. The van der Waals surface area contributed by atoms with Crippen molar-refractivity contribution in [2.75, 3.05) is 6.54 Å². The van der Waals surface area contributed by atoms with E-state index in [0.29, 0.717) is 12.1 Å². The Morgan fingerprint density at radius 2 is 2.14 bits per heavy atom. The van der Waals surface area contributed by atoms with Crippen molar-refractivity contribution in [3.8, 4) is 0 Å². The Labute approximate surface area is 123 Å². The molecule has 0 saturated heterocycles. The van der Waals surface area contributed by atoms with E-state index in [1.807, 2.05) is 18.2 Å². The number of benzene rings is 1. The molecule has 1 aromatic heterocycles. The number of hydrogen-bond acceptors (Lipinski definition) is 2. The van der Waals surface area contributed by atoms with E-state index in [-0.39, 0.29) is 23.6 Å². The molecule has 3 rings (SSSR count). The fourth-order valence-electron chi connectivity index (χ4n) is 2.61. The molecule has 4 heteroatoms. The van der Waals surface area contributed by atoms with E-state index >= 15 is 0 Å². The summed E-state index contributed by atoms with van der Waals surface area (Å²) in [6.45, 7) is 0.588. The zero-order valence-electron chi connectivity index (χ0n) is 11.6. The molecule has 1 heterocycles. The molecule has 0 aliphatic heterocycles. The number of halogens is 1. The van der Waals surface area contributed by atoms with Crippen LogP contribution in [0.3, 0.4) is 0 Å². The van der Waals surface area contributed by atoms with Crippen molar-refractivity contribution in [1.82, 2.24) is 10.3 Å². The molecular formula is C17H17FN2O. The normalized spacial score (nSPS) is 20.0. The van der Waals surface area contributed by atoms with E-state index in [1.165, 1.54) is 6.07 Å². The van der Waals surface area contributed by atoms with Gasteiger partial charge >= 0.3 is 0 Å². The van der Waals surface area contributed by atoms with Crippen molar-refractivity contribution in [3.05, 3.63) is 65.7 Å². The van der Waals surface area contributed by atoms with E-state index in [9.17, 15) is 9.18 Å². The molecule has 1 aliphatic rings. The van der Waals surface area contributed by atoms with E-state index < -0.39 is 0 Å². The van der Waals surface area contributed by atoms with Gasteiger partial charge < -0.3 is 5.32 Å². The van der Waals surface area contributed by atoms with Gasteiger partial charge in [-0.1, -0.05) is 24.3 Å². The fraction of sp³-hybridized carbons (Fsp3) is 0.294. The highest BCUT2D eigenvalue weighted by molar-refractivity contribution is 5.82. The van der Waals surface area contributed by atoms with E-state index in [0.717, 1.165) is 18.4 Å². The minimum Gasteiger partial charge on any atom is -0.356 e. The Morgan fingerprint density at radius 3 is 2.90 bits per heavy atom. The van der Waals surface area contributed by atoms with Gasteiger partial charge in [0.05, 0.1) is 0 Å². The third-order valence-electron chi connectivity index (χ3n) is 3.87. The number of carbonyl (C=O) groups is 1. The van der Waals surface area contributed by atoms with Gasteiger partial charge in [0, 0.05) is 24.9 Å². The second-order valence-corrected chi connectivity index (χ2v) is 5.37. The lowest BCUT2D eigenvalue weighted by atomic mass is 10.1. The van der Waals surface area contributed by atoms with Crippen molar-refractivity contribution in [2.45, 2.75) is 18.8 Å². The van der Waals surface area contributed by atoms with E-state index in [2.05, 4.69) is 10.3 Å². The van der Waals surface area contributed by atoms with Crippen LogP contribution in [-0.2, 0) is 11.2 Å². The number of amides is 1. The maximum Gasteiger partial charge on any atom is 0.223 e. The Hall–Kier alpha value is -2.23.